The fourth-order valence-electron chi connectivity index (χ4n) is 3.56. The van der Waals surface area contributed by atoms with Gasteiger partial charge < -0.3 is 10.2 Å². The van der Waals surface area contributed by atoms with E-state index in [-0.39, 0.29) is 12.5 Å². The highest BCUT2D eigenvalue weighted by Crippen LogP contribution is 2.30. The van der Waals surface area contributed by atoms with Gasteiger partial charge in [0.2, 0.25) is 15.9 Å². The van der Waals surface area contributed by atoms with Crippen LogP contribution < -0.4 is 10.2 Å². The molecule has 0 saturated carbocycles. The number of nitrogens with zero attached hydrogens (tertiary/aromatic N) is 2. The Morgan fingerprint density at radius 3 is 2.62 bits per heavy atom. The van der Waals surface area contributed by atoms with Gasteiger partial charge >= 0.3 is 0 Å². The van der Waals surface area contributed by atoms with E-state index in [9.17, 15) is 13.2 Å². The molecule has 0 aromatic heterocycles. The van der Waals surface area contributed by atoms with Gasteiger partial charge in [0.05, 0.1) is 11.4 Å². The van der Waals surface area contributed by atoms with E-state index in [0.717, 1.165) is 23.2 Å². The molecule has 0 saturated heterocycles. The van der Waals surface area contributed by atoms with Gasteiger partial charge in [0.15, 0.2) is 0 Å². The number of carbonyl (C=O) groups is 1. The molecule has 6 nitrogen and oxygen atoms in total. The summed E-state index contributed by atoms with van der Waals surface area (Å²) in [6.45, 7) is 5.88. The SMILES string of the molecule is CCN(CC)S(=O)(=O)c1ccc2c(c1)CCN2CC(=O)NCc1cccc(Cl)c1. The molecule has 29 heavy (non-hydrogen) atoms. The second kappa shape index (κ2) is 9.15. The van der Waals surface area contributed by atoms with Crippen molar-refractivity contribution in [1.29, 1.82) is 0 Å². The Bertz CT molecular complexity index is 990. The van der Waals surface area contributed by atoms with Crippen LogP contribution in [0.1, 0.15) is 25.0 Å². The van der Waals surface area contributed by atoms with Crippen molar-refractivity contribution in [2.45, 2.75) is 31.7 Å². The molecule has 0 bridgehead atoms. The number of fused-ring (bicyclic) bond motifs is 1. The molecule has 0 radical (unpaired) electrons. The van der Waals surface area contributed by atoms with E-state index in [1.54, 1.807) is 18.2 Å². The first kappa shape index (κ1) is 21.6. The average molecular weight is 436 g/mol. The van der Waals surface area contributed by atoms with E-state index in [1.807, 2.05) is 43.0 Å². The first-order chi connectivity index (χ1) is 13.8. The summed E-state index contributed by atoms with van der Waals surface area (Å²) in [6.07, 6.45) is 0.721. The van der Waals surface area contributed by atoms with E-state index in [2.05, 4.69) is 5.32 Å². The third-order valence-corrected chi connectivity index (χ3v) is 7.38. The molecule has 1 aliphatic heterocycles. The molecule has 156 valence electrons. The number of hydrogen-bond donors (Lipinski definition) is 1. The van der Waals surface area contributed by atoms with Crippen molar-refractivity contribution in [1.82, 2.24) is 9.62 Å². The molecule has 1 aliphatic rings. The molecule has 0 spiro atoms. The van der Waals surface area contributed by atoms with Gasteiger partial charge in [0, 0.05) is 36.9 Å². The van der Waals surface area contributed by atoms with E-state index in [4.69, 9.17) is 11.6 Å². The van der Waals surface area contributed by atoms with Crippen molar-refractivity contribution >= 4 is 33.2 Å². The molecule has 0 fully saturated rings. The van der Waals surface area contributed by atoms with Crippen LogP contribution in [0.3, 0.4) is 0 Å². The quantitative estimate of drug-likeness (QED) is 0.691. The molecule has 2 aromatic carbocycles. The molecule has 3 rings (SSSR count). The molecule has 1 amide bonds. The zero-order valence-electron chi connectivity index (χ0n) is 16.7. The van der Waals surface area contributed by atoms with Crippen molar-refractivity contribution in [3.05, 3.63) is 58.6 Å². The number of nitrogens with one attached hydrogen (secondary N) is 1. The maximum atomic E-state index is 12.7. The second-order valence-corrected chi connectivity index (χ2v) is 9.33. The summed E-state index contributed by atoms with van der Waals surface area (Å²) in [7, 11) is -3.48. The lowest BCUT2D eigenvalue weighted by Gasteiger charge is -2.21. The second-order valence-electron chi connectivity index (χ2n) is 6.96. The monoisotopic (exact) mass is 435 g/mol. The summed E-state index contributed by atoms with van der Waals surface area (Å²) in [5.74, 6) is -0.0855. The number of sulfonamides is 1. The first-order valence-corrected chi connectivity index (χ1v) is 11.6. The highest BCUT2D eigenvalue weighted by molar-refractivity contribution is 7.89. The van der Waals surface area contributed by atoms with Crippen LogP contribution in [0.4, 0.5) is 5.69 Å². The lowest BCUT2D eigenvalue weighted by Crippen LogP contribution is -2.36. The minimum absolute atomic E-state index is 0.0855. The number of rotatable bonds is 8. The molecular formula is C21H26ClN3O3S. The maximum Gasteiger partial charge on any atom is 0.243 e. The number of hydrogen-bond acceptors (Lipinski definition) is 4. The van der Waals surface area contributed by atoms with Gasteiger partial charge in [-0.2, -0.15) is 4.31 Å². The smallest absolute Gasteiger partial charge is 0.243 e. The van der Waals surface area contributed by atoms with Gasteiger partial charge in [-0.15, -0.1) is 0 Å². The van der Waals surface area contributed by atoms with Crippen LogP contribution in [0.2, 0.25) is 5.02 Å². The van der Waals surface area contributed by atoms with Crippen LogP contribution in [-0.4, -0.2) is 44.8 Å². The third kappa shape index (κ3) is 4.91. The van der Waals surface area contributed by atoms with Crippen molar-refractivity contribution in [2.75, 3.05) is 31.1 Å². The van der Waals surface area contributed by atoms with Crippen molar-refractivity contribution in [2.24, 2.45) is 0 Å². The molecule has 0 aliphatic carbocycles. The third-order valence-electron chi connectivity index (χ3n) is 5.10. The van der Waals surface area contributed by atoms with Gasteiger partial charge in [-0.1, -0.05) is 37.6 Å². The highest BCUT2D eigenvalue weighted by atomic mass is 35.5. The van der Waals surface area contributed by atoms with Gasteiger partial charge in [0.25, 0.3) is 0 Å². The lowest BCUT2D eigenvalue weighted by atomic mass is 10.2. The van der Waals surface area contributed by atoms with Crippen LogP contribution >= 0.6 is 11.6 Å². The predicted octanol–water partition coefficient (Wildman–Crippen LogP) is 3.05. The lowest BCUT2D eigenvalue weighted by molar-refractivity contribution is -0.119. The Labute approximate surface area is 177 Å². The highest BCUT2D eigenvalue weighted by Gasteiger charge is 2.26. The van der Waals surface area contributed by atoms with Crippen LogP contribution in [0.25, 0.3) is 0 Å². The average Bonchev–Trinajstić information content (AvgIpc) is 3.09. The van der Waals surface area contributed by atoms with Gasteiger partial charge in [-0.3, -0.25) is 4.79 Å². The fraction of sp³-hybridized carbons (Fsp3) is 0.381. The fourth-order valence-corrected chi connectivity index (χ4v) is 5.28. The Balaban J connectivity index is 1.66. The van der Waals surface area contributed by atoms with Crippen LogP contribution in [0.15, 0.2) is 47.4 Å². The van der Waals surface area contributed by atoms with Crippen LogP contribution in [-0.2, 0) is 27.8 Å². The standard InChI is InChI=1S/C21H26ClN3O3S/c1-3-25(4-2)29(27,28)19-8-9-20-17(13-19)10-11-24(20)15-21(26)23-14-16-6-5-7-18(22)12-16/h5-9,12-13H,3-4,10-11,14-15H2,1-2H3,(H,23,26). The molecule has 0 unspecified atom stereocenters. The van der Waals surface area contributed by atoms with Crippen molar-refractivity contribution < 1.29 is 13.2 Å². The Hall–Kier alpha value is -2.09. The number of amides is 1. The first-order valence-electron chi connectivity index (χ1n) is 9.74. The summed E-state index contributed by atoms with van der Waals surface area (Å²) >= 11 is 5.97. The summed E-state index contributed by atoms with van der Waals surface area (Å²) in [5.41, 5.74) is 2.82. The Morgan fingerprint density at radius 2 is 1.93 bits per heavy atom. The summed E-state index contributed by atoms with van der Waals surface area (Å²) in [4.78, 5) is 14.7. The van der Waals surface area contributed by atoms with Crippen LogP contribution in [0, 0.1) is 0 Å². The van der Waals surface area contributed by atoms with Gasteiger partial charge in [-0.25, -0.2) is 8.42 Å². The van der Waals surface area contributed by atoms with E-state index >= 15 is 0 Å². The zero-order valence-corrected chi connectivity index (χ0v) is 18.3. The molecule has 8 heteroatoms. The number of anilines is 1. The number of halogens is 1. The number of carbonyl (C=O) groups excluding carboxylic acids is 1. The van der Waals surface area contributed by atoms with Crippen molar-refractivity contribution in [3.63, 3.8) is 0 Å². The Kier molecular flexibility index (Phi) is 6.82. The largest absolute Gasteiger partial charge is 0.362 e. The summed E-state index contributed by atoms with van der Waals surface area (Å²) in [5, 5.41) is 3.55. The van der Waals surface area contributed by atoms with Gasteiger partial charge in [0.1, 0.15) is 0 Å². The molecule has 2 aromatic rings. The predicted molar refractivity (Wildman–Crippen MR) is 116 cm³/mol. The van der Waals surface area contributed by atoms with Crippen LogP contribution in [0.5, 0.6) is 0 Å². The normalized spacial score (nSPS) is 13.6. The molecule has 0 atom stereocenters. The van der Waals surface area contributed by atoms with Gasteiger partial charge in [-0.05, 0) is 47.9 Å². The minimum Gasteiger partial charge on any atom is -0.362 e. The van der Waals surface area contributed by atoms with E-state index in [0.29, 0.717) is 36.1 Å². The zero-order chi connectivity index (χ0) is 21.0. The molecule has 1 N–H and O–H groups in total. The minimum atomic E-state index is -3.48. The maximum absolute atomic E-state index is 12.7. The van der Waals surface area contributed by atoms with E-state index < -0.39 is 10.0 Å². The Morgan fingerprint density at radius 1 is 1.17 bits per heavy atom. The van der Waals surface area contributed by atoms with E-state index in [1.165, 1.54) is 4.31 Å². The van der Waals surface area contributed by atoms with Crippen molar-refractivity contribution in [3.8, 4) is 0 Å². The topological polar surface area (TPSA) is 69.7 Å². The molecular weight excluding hydrogens is 410 g/mol. The number of benzene rings is 2. The summed E-state index contributed by atoms with van der Waals surface area (Å²) < 4.78 is 26.9. The summed E-state index contributed by atoms with van der Waals surface area (Å²) in [6, 6.07) is 12.6. The molecule has 1 heterocycles.